The van der Waals surface area contributed by atoms with Crippen molar-refractivity contribution in [3.8, 4) is 22.5 Å². The number of benzene rings is 6. The van der Waals surface area contributed by atoms with Gasteiger partial charge in [0.1, 0.15) is 0 Å². The highest BCUT2D eigenvalue weighted by Crippen LogP contribution is 2.43. The second-order valence-electron chi connectivity index (χ2n) is 13.8. The summed E-state index contributed by atoms with van der Waals surface area (Å²) in [4.78, 5) is 9.97. The van der Waals surface area contributed by atoms with E-state index in [1.54, 1.807) is 0 Å². The van der Waals surface area contributed by atoms with Crippen molar-refractivity contribution in [1.82, 2.24) is 9.97 Å². The van der Waals surface area contributed by atoms with Gasteiger partial charge in [-0.05, 0) is 117 Å². The average molecular weight is 587 g/mol. The molecule has 8 aromatic rings. The van der Waals surface area contributed by atoms with Crippen LogP contribution in [-0.2, 0) is 5.41 Å². The van der Waals surface area contributed by atoms with E-state index in [2.05, 4.69) is 124 Å². The van der Waals surface area contributed by atoms with Crippen LogP contribution in [0.15, 0.2) is 128 Å². The van der Waals surface area contributed by atoms with E-state index in [-0.39, 0.29) is 5.41 Å². The van der Waals surface area contributed by atoms with Crippen LogP contribution >= 0.6 is 0 Å². The molecule has 10 rings (SSSR count). The Bertz CT molecular complexity index is 2910. The highest BCUT2D eigenvalue weighted by atomic mass is 14.7. The molecule has 2 nitrogen and oxygen atoms in total. The largest absolute Gasteiger partial charge is 0.256 e. The first-order chi connectivity index (χ1) is 22.5. The third kappa shape index (κ3) is 3.36. The first-order valence-corrected chi connectivity index (χ1v) is 16.1. The Kier molecular flexibility index (Phi) is 5.02. The summed E-state index contributed by atoms with van der Waals surface area (Å²) in [5, 5.41) is 18.0. The minimum Gasteiger partial charge on any atom is -0.256 e. The SMILES string of the molecule is CC(C)(C)c1ccc2c(c1)=c1ccc3c4c(ccc=2c14)=c1c(-c2ccccn2)c2cc4ccccc4cc2c(-c2ccccn2)c1=3. The van der Waals surface area contributed by atoms with Crippen molar-refractivity contribution < 1.29 is 0 Å². The van der Waals surface area contributed by atoms with Crippen LogP contribution in [0.5, 0.6) is 0 Å². The summed E-state index contributed by atoms with van der Waals surface area (Å²) >= 11 is 0. The van der Waals surface area contributed by atoms with Crippen LogP contribution in [0, 0.1) is 41.7 Å². The number of aromatic nitrogens is 2. The maximum Gasteiger partial charge on any atom is 0.0714 e. The number of nitrogens with zero attached hydrogens (tertiary/aromatic N) is 2. The molecule has 0 fully saturated rings. The van der Waals surface area contributed by atoms with Gasteiger partial charge in [0.05, 0.1) is 11.4 Å². The van der Waals surface area contributed by atoms with Crippen molar-refractivity contribution in [3.05, 3.63) is 175 Å². The van der Waals surface area contributed by atoms with Crippen molar-refractivity contribution in [2.45, 2.75) is 26.2 Å². The lowest BCUT2D eigenvalue weighted by molar-refractivity contribution is 0.589. The first-order valence-electron chi connectivity index (χ1n) is 16.1. The summed E-state index contributed by atoms with van der Waals surface area (Å²) in [6, 6.07) is 42.5. The predicted molar refractivity (Wildman–Crippen MR) is 188 cm³/mol. The van der Waals surface area contributed by atoms with Crippen LogP contribution < -0.4 is 0 Å². The van der Waals surface area contributed by atoms with Gasteiger partial charge in [-0.2, -0.15) is 0 Å². The zero-order valence-electron chi connectivity index (χ0n) is 26.0. The molecular weight excluding hydrogens is 556 g/mol. The first kappa shape index (κ1) is 25.7. The third-order valence-electron chi connectivity index (χ3n) is 10.2. The molecule has 0 atom stereocenters. The molecule has 0 aliphatic heterocycles. The second-order valence-corrected chi connectivity index (χ2v) is 13.8. The number of hydrogen-bond donors (Lipinski definition) is 0. The third-order valence-corrected chi connectivity index (χ3v) is 10.2. The predicted octanol–water partition coefficient (Wildman–Crippen LogP) is 10.3. The Balaban J connectivity index is 1.55. The van der Waals surface area contributed by atoms with Gasteiger partial charge >= 0.3 is 0 Å². The van der Waals surface area contributed by atoms with Gasteiger partial charge in [-0.1, -0.05) is 93.6 Å². The fraction of sp³-hybridized carbons (Fsp3) is 0.0909. The van der Waals surface area contributed by atoms with E-state index >= 15 is 0 Å². The molecule has 0 unspecified atom stereocenters. The van der Waals surface area contributed by atoms with E-state index < -0.39 is 0 Å². The highest BCUT2D eigenvalue weighted by molar-refractivity contribution is 6.11. The van der Waals surface area contributed by atoms with Crippen molar-refractivity contribution >= 4 is 32.3 Å². The fourth-order valence-electron chi connectivity index (χ4n) is 8.09. The Morgan fingerprint density at radius 1 is 0.435 bits per heavy atom. The molecule has 2 aliphatic rings. The van der Waals surface area contributed by atoms with Crippen molar-refractivity contribution in [2.24, 2.45) is 0 Å². The van der Waals surface area contributed by atoms with Gasteiger partial charge in [0.2, 0.25) is 0 Å². The summed E-state index contributed by atoms with van der Waals surface area (Å²) in [7, 11) is 0. The Hall–Kier alpha value is -5.60. The van der Waals surface area contributed by atoms with Crippen LogP contribution in [0.2, 0.25) is 0 Å². The molecule has 2 heteroatoms. The number of hydrogen-bond acceptors (Lipinski definition) is 2. The molecule has 2 aromatic heterocycles. The van der Waals surface area contributed by atoms with Crippen LogP contribution in [-0.4, -0.2) is 9.97 Å². The molecule has 6 aromatic carbocycles. The molecule has 0 saturated heterocycles. The molecule has 0 radical (unpaired) electrons. The van der Waals surface area contributed by atoms with E-state index in [0.717, 1.165) is 11.4 Å². The van der Waals surface area contributed by atoms with E-state index in [1.165, 1.54) is 90.8 Å². The monoisotopic (exact) mass is 586 g/mol. The van der Waals surface area contributed by atoms with Crippen LogP contribution in [0.25, 0.3) is 54.8 Å². The molecule has 0 spiro atoms. The van der Waals surface area contributed by atoms with Gasteiger partial charge in [0.25, 0.3) is 0 Å². The Labute approximate surface area is 265 Å². The van der Waals surface area contributed by atoms with E-state index in [4.69, 9.17) is 9.97 Å². The van der Waals surface area contributed by atoms with Gasteiger partial charge in [-0.25, -0.2) is 0 Å². The molecule has 2 heterocycles. The van der Waals surface area contributed by atoms with Crippen molar-refractivity contribution in [2.75, 3.05) is 0 Å². The maximum absolute atomic E-state index is 4.98. The summed E-state index contributed by atoms with van der Waals surface area (Å²) in [6.07, 6.45) is 3.83. The minimum atomic E-state index is 0.0804. The Morgan fingerprint density at radius 3 is 1.43 bits per heavy atom. The maximum atomic E-state index is 4.98. The van der Waals surface area contributed by atoms with Crippen molar-refractivity contribution in [1.29, 1.82) is 0 Å². The molecule has 0 N–H and O–H groups in total. The molecule has 2 aliphatic carbocycles. The van der Waals surface area contributed by atoms with E-state index in [0.29, 0.717) is 0 Å². The number of fused-ring (bicyclic) bond motifs is 4. The topological polar surface area (TPSA) is 25.8 Å². The fourth-order valence-corrected chi connectivity index (χ4v) is 8.09. The highest BCUT2D eigenvalue weighted by Gasteiger charge is 2.23. The zero-order chi connectivity index (χ0) is 30.7. The quantitative estimate of drug-likeness (QED) is 0.188. The van der Waals surface area contributed by atoms with Gasteiger partial charge in [0.15, 0.2) is 0 Å². The van der Waals surface area contributed by atoms with Crippen LogP contribution in [0.1, 0.15) is 26.3 Å². The van der Waals surface area contributed by atoms with Gasteiger partial charge in [-0.3, -0.25) is 9.97 Å². The summed E-state index contributed by atoms with van der Waals surface area (Å²) in [5.74, 6) is 0. The smallest absolute Gasteiger partial charge is 0.0714 e. The Morgan fingerprint density at radius 2 is 0.913 bits per heavy atom. The van der Waals surface area contributed by atoms with Crippen molar-refractivity contribution in [3.63, 3.8) is 0 Å². The molecule has 46 heavy (non-hydrogen) atoms. The molecular formula is C44H30N2. The summed E-state index contributed by atoms with van der Waals surface area (Å²) < 4.78 is 0. The lowest BCUT2D eigenvalue weighted by atomic mass is 9.86. The van der Waals surface area contributed by atoms with Gasteiger partial charge in [-0.15, -0.1) is 0 Å². The lowest BCUT2D eigenvalue weighted by Crippen LogP contribution is -2.10. The van der Waals surface area contributed by atoms with Gasteiger partial charge < -0.3 is 0 Å². The zero-order valence-corrected chi connectivity index (χ0v) is 26.0. The minimum absolute atomic E-state index is 0.0804. The molecule has 0 bridgehead atoms. The normalized spacial score (nSPS) is 12.7. The van der Waals surface area contributed by atoms with Crippen LogP contribution in [0.4, 0.5) is 0 Å². The van der Waals surface area contributed by atoms with Gasteiger partial charge in [0, 0.05) is 34.0 Å². The molecule has 0 saturated carbocycles. The summed E-state index contributed by atoms with van der Waals surface area (Å²) in [6.45, 7) is 6.89. The molecule has 0 amide bonds. The summed E-state index contributed by atoms with van der Waals surface area (Å²) in [5.41, 5.74) is 5.80. The van der Waals surface area contributed by atoms with E-state index in [9.17, 15) is 0 Å². The lowest BCUT2D eigenvalue weighted by Gasteiger charge is -2.18. The molecule has 216 valence electrons. The second kappa shape index (κ2) is 8.99. The number of rotatable bonds is 2. The van der Waals surface area contributed by atoms with E-state index in [1.807, 2.05) is 24.5 Å². The average Bonchev–Trinajstić information content (AvgIpc) is 3.58. The van der Waals surface area contributed by atoms with Crippen LogP contribution in [0.3, 0.4) is 0 Å². The number of pyridine rings is 2. The standard InChI is InChI=1S/C44H30N2/c1-44(2,3)27-14-15-28-29-16-18-31-39-32(19-17-30(38(29)39)33(28)24-27)43-41(37-13-7-9-21-46-37)35-23-26-11-5-4-10-25(26)22-34(35)40(42(31)43)36-12-6-8-20-45-36/h4-24H,1-3H3.